The van der Waals surface area contributed by atoms with Crippen LogP contribution in [0.3, 0.4) is 0 Å². The molecule has 0 aliphatic heterocycles. The van der Waals surface area contributed by atoms with Crippen LogP contribution in [0, 0.1) is 0 Å². The number of ether oxygens (including phenoxy) is 2. The van der Waals surface area contributed by atoms with Crippen LogP contribution in [-0.2, 0) is 6.54 Å². The quantitative estimate of drug-likeness (QED) is 0.0325. The van der Waals surface area contributed by atoms with E-state index < -0.39 is 0 Å². The van der Waals surface area contributed by atoms with E-state index in [4.69, 9.17) is 9.47 Å². The SMILES string of the molecule is CCCCCCCCCCCCCCCCCCCCCCOc1ccc(Cn2c(=O)c3c4c5c6c(=O)c7c8c6c6c9c5c5c4c4c%10c3c3c%11c%12c%10c%10c4c4c5c5c9c9c6c6c8c8c%13c7c(c7c%13c%13c%14c8c6c6c9c8c5c4c4c%10c5c9c4c8c6c%14c9c%13c(c5%12)c7%11)c32)cc1OC. The molecular weight excluding hydrogens is 1160 g/mol. The standard InChI is InChI=1S/C90H53NO4/c1-3-4-5-6-7-8-9-10-11-12-13-14-15-16-17-18-19-20-21-22-25-95-29-24-23-28(26-30(29)94-2)27-91-88-83-75-67-56-47-39-37-31-32-34-36-35-33(31)40-41(37)49-53(47)64-69-59(49)58-48(40)51-44(35)52-45(36)54-50-43(34)46-38(32)42(39)55(56)60-57(46)66-61(50)73-65(54)71-63(52)70-62(51)68(58)77-78(69)86(81(83)72(64)67)89(92)85(77)79(70)80(71)87(90(91)93)82(73)84(88)76(66)74(60)75/h23-24,26H,3-22,25,27H2,1-2H3. The molecular formula is C90H53NO4. The fourth-order valence-electron chi connectivity index (χ4n) is 26.8. The summed E-state index contributed by atoms with van der Waals surface area (Å²) in [6.07, 6.45) is 27.3. The average Bonchev–Trinajstić information content (AvgIpc) is 1.40. The summed E-state index contributed by atoms with van der Waals surface area (Å²) in [7, 11) is 1.77. The minimum absolute atomic E-state index is 0.0660. The Kier molecular flexibility index (Phi) is 6.44. The average molecular weight is 1210 g/mol. The van der Waals surface area contributed by atoms with E-state index in [2.05, 4.69) is 29.7 Å². The third kappa shape index (κ3) is 3.72. The number of nitrogens with zero attached hydrogens (tertiary/aromatic N) is 1. The summed E-state index contributed by atoms with van der Waals surface area (Å²) < 4.78 is 15.2. The Hall–Kier alpha value is -9.58. The van der Waals surface area contributed by atoms with Crippen molar-refractivity contribution in [3.8, 4) is 11.5 Å². The summed E-state index contributed by atoms with van der Waals surface area (Å²) in [6.45, 7) is 3.31. The van der Waals surface area contributed by atoms with Gasteiger partial charge in [-0.2, -0.15) is 0 Å². The van der Waals surface area contributed by atoms with Crippen LogP contribution in [0.15, 0.2) is 27.8 Å². The lowest BCUT2D eigenvalue weighted by Gasteiger charge is -2.21. The first kappa shape index (κ1) is 45.7. The molecule has 31 rings (SSSR count). The van der Waals surface area contributed by atoms with Crippen LogP contribution in [0.4, 0.5) is 0 Å². The monoisotopic (exact) mass is 1210 g/mol. The van der Waals surface area contributed by atoms with E-state index in [1.165, 1.54) is 375 Å². The Morgan fingerprint density at radius 2 is 0.495 bits per heavy atom. The van der Waals surface area contributed by atoms with Crippen molar-refractivity contribution in [2.75, 3.05) is 13.7 Å². The highest BCUT2D eigenvalue weighted by atomic mass is 16.5. The van der Waals surface area contributed by atoms with Crippen LogP contribution < -0.4 is 20.5 Å². The normalized spacial score (nSPS) is 15.4. The van der Waals surface area contributed by atoms with Crippen molar-refractivity contribution in [3.05, 3.63) is 44.3 Å². The number of rotatable bonds is 25. The van der Waals surface area contributed by atoms with Gasteiger partial charge in [0.1, 0.15) is 0 Å². The van der Waals surface area contributed by atoms with Gasteiger partial charge in [-0.3, -0.25) is 9.59 Å². The molecule has 0 amide bonds. The Bertz CT molecular complexity index is 8490. The molecule has 0 aliphatic carbocycles. The van der Waals surface area contributed by atoms with Crippen molar-refractivity contribution >= 4 is 313 Å². The summed E-state index contributed by atoms with van der Waals surface area (Å²) in [4.78, 5) is 35.1. The van der Waals surface area contributed by atoms with Gasteiger partial charge in [0.2, 0.25) is 0 Å². The third-order valence-corrected chi connectivity index (χ3v) is 29.2. The van der Waals surface area contributed by atoms with Crippen molar-refractivity contribution in [2.24, 2.45) is 0 Å². The molecule has 0 saturated heterocycles. The van der Waals surface area contributed by atoms with Crippen molar-refractivity contribution in [2.45, 2.75) is 142 Å². The molecule has 0 N–H and O–H groups in total. The van der Waals surface area contributed by atoms with E-state index in [1.807, 2.05) is 0 Å². The first-order valence-corrected chi connectivity index (χ1v) is 37.1. The molecule has 0 bridgehead atoms. The van der Waals surface area contributed by atoms with E-state index in [0.717, 1.165) is 66.3 Å². The molecule has 442 valence electrons. The number of methoxy groups -OCH3 is 1. The lowest BCUT2D eigenvalue weighted by atomic mass is 9.85. The fraction of sp³-hybridized carbons (Fsp3) is 0.267. The molecule has 31 aromatic rings. The highest BCUT2D eigenvalue weighted by Crippen LogP contribution is 2.78. The maximum atomic E-state index is 17.7. The number of unbranched alkanes of at least 4 members (excludes halogenated alkanes) is 19. The molecule has 0 spiro atoms. The number of hydrogen-bond acceptors (Lipinski definition) is 4. The second-order valence-corrected chi connectivity index (χ2v) is 32.5. The number of hydrogen-bond donors (Lipinski definition) is 0. The predicted molar refractivity (Wildman–Crippen MR) is 407 cm³/mol. The number of aromatic nitrogens is 1. The summed E-state index contributed by atoms with van der Waals surface area (Å²) >= 11 is 0. The van der Waals surface area contributed by atoms with Crippen molar-refractivity contribution < 1.29 is 9.47 Å². The van der Waals surface area contributed by atoms with Crippen LogP contribution in [0.5, 0.6) is 11.5 Å². The number of pyridine rings is 1. The highest BCUT2D eigenvalue weighted by Gasteiger charge is 2.50. The van der Waals surface area contributed by atoms with Gasteiger partial charge in [-0.1, -0.05) is 135 Å². The van der Waals surface area contributed by atoms with Gasteiger partial charge >= 0.3 is 0 Å². The summed E-state index contributed by atoms with van der Waals surface area (Å²) in [6, 6.07) is 6.48. The number of fused-ring (bicyclic) bond motifs is 6. The van der Waals surface area contributed by atoms with E-state index in [1.54, 1.807) is 17.9 Å². The van der Waals surface area contributed by atoms with Gasteiger partial charge in [0.25, 0.3) is 5.56 Å². The predicted octanol–water partition coefficient (Wildman–Crippen LogP) is 25.5. The molecule has 30 aromatic carbocycles. The van der Waals surface area contributed by atoms with Crippen LogP contribution >= 0.6 is 0 Å². The highest BCUT2D eigenvalue weighted by molar-refractivity contribution is 6.83. The summed E-state index contributed by atoms with van der Waals surface area (Å²) in [5, 5.41) is 78.1. The van der Waals surface area contributed by atoms with Crippen LogP contribution in [0.25, 0.3) is 313 Å². The molecule has 0 unspecified atom stereocenters. The summed E-state index contributed by atoms with van der Waals surface area (Å²) in [5.41, 5.74) is 2.29. The molecule has 0 aliphatic rings. The van der Waals surface area contributed by atoms with Crippen LogP contribution in [0.2, 0.25) is 0 Å². The lowest BCUT2D eigenvalue weighted by molar-refractivity contribution is 0.284. The van der Waals surface area contributed by atoms with E-state index in [0.29, 0.717) is 18.9 Å². The molecule has 5 nitrogen and oxygen atoms in total. The summed E-state index contributed by atoms with van der Waals surface area (Å²) in [5.74, 6) is 1.47. The molecule has 1 heterocycles. The van der Waals surface area contributed by atoms with Gasteiger partial charge in [-0.25, -0.2) is 0 Å². The Balaban J connectivity index is 0.626. The smallest absolute Gasteiger partial charge is 0.259 e. The fourth-order valence-corrected chi connectivity index (χ4v) is 26.8. The van der Waals surface area contributed by atoms with Crippen molar-refractivity contribution in [1.29, 1.82) is 0 Å². The molecule has 0 atom stereocenters. The largest absolute Gasteiger partial charge is 0.493 e. The van der Waals surface area contributed by atoms with Gasteiger partial charge in [0.05, 0.1) is 31.2 Å². The van der Waals surface area contributed by atoms with Crippen LogP contribution in [-0.4, -0.2) is 18.3 Å². The first-order valence-electron chi connectivity index (χ1n) is 37.1. The Morgan fingerprint density at radius 3 is 0.779 bits per heavy atom. The zero-order valence-electron chi connectivity index (χ0n) is 52.9. The molecule has 0 radical (unpaired) electrons. The Labute approximate surface area is 534 Å². The maximum Gasteiger partial charge on any atom is 0.259 e. The topological polar surface area (TPSA) is 57.5 Å². The van der Waals surface area contributed by atoms with Gasteiger partial charge in [-0.15, -0.1) is 0 Å². The molecule has 95 heavy (non-hydrogen) atoms. The van der Waals surface area contributed by atoms with Crippen molar-refractivity contribution in [3.63, 3.8) is 0 Å². The second kappa shape index (κ2) is 13.4. The van der Waals surface area contributed by atoms with E-state index >= 15 is 9.59 Å². The molecule has 5 heteroatoms. The lowest BCUT2D eigenvalue weighted by Crippen LogP contribution is -2.22. The van der Waals surface area contributed by atoms with Crippen molar-refractivity contribution in [1.82, 2.24) is 4.57 Å². The zero-order valence-corrected chi connectivity index (χ0v) is 52.9. The minimum atomic E-state index is 0.0660. The maximum absolute atomic E-state index is 17.7. The number of benzene rings is 19. The molecule has 0 saturated carbocycles. The van der Waals surface area contributed by atoms with E-state index in [9.17, 15) is 0 Å². The van der Waals surface area contributed by atoms with Gasteiger partial charge in [0, 0.05) is 302 Å². The van der Waals surface area contributed by atoms with E-state index in [-0.39, 0.29) is 11.0 Å². The zero-order chi connectivity index (χ0) is 60.0. The minimum Gasteiger partial charge on any atom is -0.493 e. The van der Waals surface area contributed by atoms with Gasteiger partial charge in [-0.05, 0) is 24.1 Å². The molecule has 1 aromatic heterocycles. The Morgan fingerprint density at radius 1 is 0.263 bits per heavy atom. The van der Waals surface area contributed by atoms with Crippen LogP contribution in [0.1, 0.15) is 141 Å². The second-order valence-electron chi connectivity index (χ2n) is 32.5. The van der Waals surface area contributed by atoms with Gasteiger partial charge in [0.15, 0.2) is 16.9 Å². The third-order valence-electron chi connectivity index (χ3n) is 29.2. The molecule has 0 fully saturated rings. The first-order chi connectivity index (χ1) is 47.2. The van der Waals surface area contributed by atoms with Gasteiger partial charge < -0.3 is 14.0 Å².